The van der Waals surface area contributed by atoms with Gasteiger partial charge in [-0.1, -0.05) is 11.6 Å². The van der Waals surface area contributed by atoms with Gasteiger partial charge >= 0.3 is 11.8 Å². The van der Waals surface area contributed by atoms with Gasteiger partial charge in [-0.15, -0.1) is 0 Å². The first-order chi connectivity index (χ1) is 9.90. The Bertz CT molecular complexity index is 518. The number of anilines is 1. The predicted molar refractivity (Wildman–Crippen MR) is 83.8 cm³/mol. The summed E-state index contributed by atoms with van der Waals surface area (Å²) in [4.78, 5) is 25.7. The lowest BCUT2D eigenvalue weighted by atomic mass is 10.2. The number of amides is 2. The van der Waals surface area contributed by atoms with Gasteiger partial charge in [-0.05, 0) is 39.8 Å². The monoisotopic (exact) mass is 312 g/mol. The van der Waals surface area contributed by atoms with E-state index in [0.29, 0.717) is 29.6 Å². The molecule has 0 heterocycles. The summed E-state index contributed by atoms with van der Waals surface area (Å²) in [6, 6.07) is 4.81. The molecule has 21 heavy (non-hydrogen) atoms. The van der Waals surface area contributed by atoms with Gasteiger partial charge in [-0.25, -0.2) is 0 Å². The van der Waals surface area contributed by atoms with Crippen LogP contribution in [0.1, 0.15) is 27.7 Å². The van der Waals surface area contributed by atoms with Gasteiger partial charge in [0.05, 0.1) is 12.3 Å². The predicted octanol–water partition coefficient (Wildman–Crippen LogP) is 2.93. The Kier molecular flexibility index (Phi) is 6.49. The second-order valence-corrected chi connectivity index (χ2v) is 5.15. The first-order valence-electron chi connectivity index (χ1n) is 6.95. The number of hydrogen-bond donors (Lipinski definition) is 1. The molecule has 0 spiro atoms. The molecule has 0 aliphatic carbocycles. The van der Waals surface area contributed by atoms with Gasteiger partial charge < -0.3 is 15.0 Å². The van der Waals surface area contributed by atoms with Crippen molar-refractivity contribution in [3.8, 4) is 5.75 Å². The molecule has 0 aliphatic rings. The van der Waals surface area contributed by atoms with E-state index in [1.165, 1.54) is 4.90 Å². The largest absolute Gasteiger partial charge is 0.492 e. The standard InChI is InChI=1S/C15H21ClN2O3/c1-5-18(10(3)4)15(20)14(19)17-12-8-7-11(16)9-13(12)21-6-2/h7-10H,5-6H2,1-4H3,(H,17,19). The number of likely N-dealkylation sites (N-methyl/N-ethyl adjacent to an activating group) is 1. The topological polar surface area (TPSA) is 58.6 Å². The second kappa shape index (κ2) is 7.88. The zero-order valence-corrected chi connectivity index (χ0v) is 13.5. The zero-order chi connectivity index (χ0) is 16.0. The molecule has 0 bridgehead atoms. The first kappa shape index (κ1) is 17.3. The highest BCUT2D eigenvalue weighted by Crippen LogP contribution is 2.28. The number of rotatable bonds is 5. The maximum atomic E-state index is 12.1. The third-order valence-corrected chi connectivity index (χ3v) is 3.15. The van der Waals surface area contributed by atoms with Crippen LogP contribution >= 0.6 is 11.6 Å². The van der Waals surface area contributed by atoms with Crippen LogP contribution in [-0.4, -0.2) is 35.9 Å². The summed E-state index contributed by atoms with van der Waals surface area (Å²) in [6.45, 7) is 8.30. The number of nitrogens with one attached hydrogen (secondary N) is 1. The molecule has 2 amide bonds. The summed E-state index contributed by atoms with van der Waals surface area (Å²) in [5, 5.41) is 3.08. The molecule has 1 N–H and O–H groups in total. The minimum atomic E-state index is -0.686. The maximum absolute atomic E-state index is 12.1. The van der Waals surface area contributed by atoms with Crippen molar-refractivity contribution in [3.63, 3.8) is 0 Å². The Balaban J connectivity index is 2.90. The molecule has 0 fully saturated rings. The van der Waals surface area contributed by atoms with Gasteiger partial charge in [-0.2, -0.15) is 0 Å². The van der Waals surface area contributed by atoms with Crippen molar-refractivity contribution >= 4 is 29.1 Å². The Morgan fingerprint density at radius 3 is 2.52 bits per heavy atom. The van der Waals surface area contributed by atoms with Gasteiger partial charge in [0.25, 0.3) is 0 Å². The van der Waals surface area contributed by atoms with Crippen molar-refractivity contribution < 1.29 is 14.3 Å². The van der Waals surface area contributed by atoms with Gasteiger partial charge in [0, 0.05) is 23.7 Å². The van der Waals surface area contributed by atoms with Crippen LogP contribution in [0, 0.1) is 0 Å². The number of halogens is 1. The molecule has 1 aromatic rings. The highest BCUT2D eigenvalue weighted by molar-refractivity contribution is 6.39. The van der Waals surface area contributed by atoms with Crippen LogP contribution in [0.25, 0.3) is 0 Å². The van der Waals surface area contributed by atoms with E-state index < -0.39 is 11.8 Å². The Morgan fingerprint density at radius 2 is 2.00 bits per heavy atom. The first-order valence-corrected chi connectivity index (χ1v) is 7.32. The normalized spacial score (nSPS) is 10.4. The third-order valence-electron chi connectivity index (χ3n) is 2.91. The fourth-order valence-corrected chi connectivity index (χ4v) is 2.09. The van der Waals surface area contributed by atoms with Gasteiger partial charge in [0.1, 0.15) is 5.75 Å². The number of carbonyl (C=O) groups excluding carboxylic acids is 2. The molecule has 0 atom stereocenters. The molecule has 1 rings (SSSR count). The lowest BCUT2D eigenvalue weighted by Gasteiger charge is -2.24. The van der Waals surface area contributed by atoms with E-state index in [9.17, 15) is 9.59 Å². The van der Waals surface area contributed by atoms with E-state index in [-0.39, 0.29) is 6.04 Å². The molecule has 0 radical (unpaired) electrons. The number of carbonyl (C=O) groups is 2. The highest BCUT2D eigenvalue weighted by atomic mass is 35.5. The fraction of sp³-hybridized carbons (Fsp3) is 0.467. The number of nitrogens with zero attached hydrogens (tertiary/aromatic N) is 1. The SMILES string of the molecule is CCOc1cc(Cl)ccc1NC(=O)C(=O)N(CC)C(C)C. The van der Waals surface area contributed by atoms with Crippen molar-refractivity contribution in [2.24, 2.45) is 0 Å². The van der Waals surface area contributed by atoms with Gasteiger partial charge in [-0.3, -0.25) is 9.59 Å². The molecule has 0 saturated carbocycles. The molecule has 0 saturated heterocycles. The molecule has 0 aliphatic heterocycles. The molecule has 6 heteroatoms. The average Bonchev–Trinajstić information content (AvgIpc) is 2.42. The second-order valence-electron chi connectivity index (χ2n) is 4.71. The molecule has 5 nitrogen and oxygen atoms in total. The summed E-state index contributed by atoms with van der Waals surface area (Å²) in [7, 11) is 0. The van der Waals surface area contributed by atoms with Crippen LogP contribution in [0.2, 0.25) is 5.02 Å². The highest BCUT2D eigenvalue weighted by Gasteiger charge is 2.23. The molecule has 1 aromatic carbocycles. The van der Waals surface area contributed by atoms with Crippen LogP contribution in [0.4, 0.5) is 5.69 Å². The summed E-state index contributed by atoms with van der Waals surface area (Å²) >= 11 is 5.90. The van der Waals surface area contributed by atoms with Gasteiger partial charge in [0.2, 0.25) is 0 Å². The molecule has 0 aromatic heterocycles. The van der Waals surface area contributed by atoms with Crippen molar-refractivity contribution in [2.75, 3.05) is 18.5 Å². The van der Waals surface area contributed by atoms with Crippen molar-refractivity contribution in [3.05, 3.63) is 23.2 Å². The summed E-state index contributed by atoms with van der Waals surface area (Å²) in [5.74, 6) is -0.808. The van der Waals surface area contributed by atoms with Gasteiger partial charge in [0.15, 0.2) is 0 Å². The molecular formula is C15H21ClN2O3. The molecule has 116 valence electrons. The van der Waals surface area contributed by atoms with Crippen LogP contribution in [0.3, 0.4) is 0 Å². The van der Waals surface area contributed by atoms with E-state index in [1.807, 2.05) is 27.7 Å². The van der Waals surface area contributed by atoms with E-state index in [1.54, 1.807) is 18.2 Å². The molecule has 0 unspecified atom stereocenters. The van der Waals surface area contributed by atoms with Crippen molar-refractivity contribution in [1.82, 2.24) is 4.90 Å². The van der Waals surface area contributed by atoms with E-state index in [4.69, 9.17) is 16.3 Å². The van der Waals surface area contributed by atoms with Crippen LogP contribution in [-0.2, 0) is 9.59 Å². The Hall–Kier alpha value is -1.75. The van der Waals surface area contributed by atoms with Crippen LogP contribution in [0.5, 0.6) is 5.75 Å². The maximum Gasteiger partial charge on any atom is 0.314 e. The lowest BCUT2D eigenvalue weighted by Crippen LogP contribution is -2.43. The average molecular weight is 313 g/mol. The Morgan fingerprint density at radius 1 is 1.33 bits per heavy atom. The molecular weight excluding hydrogens is 292 g/mol. The van der Waals surface area contributed by atoms with Crippen LogP contribution < -0.4 is 10.1 Å². The lowest BCUT2D eigenvalue weighted by molar-refractivity contribution is -0.144. The summed E-state index contributed by atoms with van der Waals surface area (Å²) < 4.78 is 5.41. The van der Waals surface area contributed by atoms with E-state index in [2.05, 4.69) is 5.32 Å². The third kappa shape index (κ3) is 4.63. The van der Waals surface area contributed by atoms with Crippen molar-refractivity contribution in [2.45, 2.75) is 33.7 Å². The van der Waals surface area contributed by atoms with E-state index in [0.717, 1.165) is 0 Å². The quantitative estimate of drug-likeness (QED) is 0.850. The number of ether oxygens (including phenoxy) is 1. The van der Waals surface area contributed by atoms with Crippen LogP contribution in [0.15, 0.2) is 18.2 Å². The summed E-state index contributed by atoms with van der Waals surface area (Å²) in [6.07, 6.45) is 0. The fourth-order valence-electron chi connectivity index (χ4n) is 1.92. The van der Waals surface area contributed by atoms with E-state index >= 15 is 0 Å². The smallest absolute Gasteiger partial charge is 0.314 e. The summed E-state index contributed by atoms with van der Waals surface area (Å²) in [5.41, 5.74) is 0.430. The zero-order valence-electron chi connectivity index (χ0n) is 12.8. The minimum Gasteiger partial charge on any atom is -0.492 e. The number of benzene rings is 1. The van der Waals surface area contributed by atoms with Crippen molar-refractivity contribution in [1.29, 1.82) is 0 Å². The minimum absolute atomic E-state index is 0.0372. The number of hydrogen-bond acceptors (Lipinski definition) is 3. The Labute approximate surface area is 130 Å².